The van der Waals surface area contributed by atoms with Crippen molar-refractivity contribution >= 4 is 12.0 Å². The molecule has 0 aromatic rings. The topological polar surface area (TPSA) is 81.7 Å². The summed E-state index contributed by atoms with van der Waals surface area (Å²) in [5.74, 6) is -0.529. The van der Waals surface area contributed by atoms with E-state index in [1.54, 1.807) is 0 Å². The van der Waals surface area contributed by atoms with Crippen molar-refractivity contribution in [2.75, 3.05) is 20.1 Å². The first-order valence-electron chi connectivity index (χ1n) is 7.40. The molecule has 0 aliphatic heterocycles. The highest BCUT2D eigenvalue weighted by atomic mass is 16.4. The summed E-state index contributed by atoms with van der Waals surface area (Å²) in [6.07, 6.45) is 3.10. The highest BCUT2D eigenvalue weighted by Crippen LogP contribution is 2.33. The molecule has 2 amide bonds. The number of hydrogen-bond donors (Lipinski definition) is 3. The van der Waals surface area contributed by atoms with Crippen molar-refractivity contribution in [2.45, 2.75) is 51.6 Å². The lowest BCUT2D eigenvalue weighted by Gasteiger charge is -2.24. The molecule has 2 atom stereocenters. The summed E-state index contributed by atoms with van der Waals surface area (Å²) in [6.45, 7) is 5.63. The molecule has 6 nitrogen and oxygen atoms in total. The predicted octanol–water partition coefficient (Wildman–Crippen LogP) is 1.27. The van der Waals surface area contributed by atoms with Crippen LogP contribution in [0, 0.1) is 5.92 Å². The highest BCUT2D eigenvalue weighted by molar-refractivity contribution is 5.75. The Labute approximate surface area is 120 Å². The summed E-state index contributed by atoms with van der Waals surface area (Å²) in [6, 6.07) is -0.00780. The molecule has 3 N–H and O–H groups in total. The van der Waals surface area contributed by atoms with Crippen molar-refractivity contribution in [3.05, 3.63) is 0 Å². The number of nitrogens with one attached hydrogen (secondary N) is 2. The van der Waals surface area contributed by atoms with Gasteiger partial charge in [-0.3, -0.25) is 4.79 Å². The zero-order valence-electron chi connectivity index (χ0n) is 12.7. The van der Waals surface area contributed by atoms with Crippen molar-refractivity contribution in [2.24, 2.45) is 5.92 Å². The molecular weight excluding hydrogens is 258 g/mol. The Bertz CT molecular complexity index is 332. The summed E-state index contributed by atoms with van der Waals surface area (Å²) in [5, 5.41) is 14.4. The number of rotatable bonds is 9. The van der Waals surface area contributed by atoms with E-state index in [0.29, 0.717) is 18.5 Å². The zero-order valence-corrected chi connectivity index (χ0v) is 12.7. The zero-order chi connectivity index (χ0) is 15.1. The Balaban J connectivity index is 2.23. The van der Waals surface area contributed by atoms with Crippen LogP contribution in [0.1, 0.15) is 39.5 Å². The van der Waals surface area contributed by atoms with Crippen LogP contribution in [0.25, 0.3) is 0 Å². The van der Waals surface area contributed by atoms with Crippen LogP contribution in [0.15, 0.2) is 0 Å². The molecule has 1 aliphatic rings. The SMILES string of the molecule is CCC(C)N(C)CCNC(=O)NC(CC(=O)O)C1CC1. The summed E-state index contributed by atoms with van der Waals surface area (Å²) < 4.78 is 0. The molecule has 0 heterocycles. The molecule has 0 aromatic heterocycles. The Morgan fingerprint density at radius 1 is 1.40 bits per heavy atom. The van der Waals surface area contributed by atoms with Gasteiger partial charge in [-0.05, 0) is 39.2 Å². The van der Waals surface area contributed by atoms with E-state index in [1.807, 2.05) is 7.05 Å². The van der Waals surface area contributed by atoms with Crippen molar-refractivity contribution in [3.8, 4) is 0 Å². The third-order valence-electron chi connectivity index (χ3n) is 4.00. The van der Waals surface area contributed by atoms with Crippen LogP contribution >= 0.6 is 0 Å². The molecule has 2 unspecified atom stereocenters. The molecule has 0 saturated heterocycles. The van der Waals surface area contributed by atoms with Gasteiger partial charge in [0.25, 0.3) is 0 Å². The van der Waals surface area contributed by atoms with Crippen molar-refractivity contribution in [1.82, 2.24) is 15.5 Å². The minimum atomic E-state index is -0.862. The fourth-order valence-corrected chi connectivity index (χ4v) is 2.12. The maximum atomic E-state index is 11.8. The molecule has 0 radical (unpaired) electrons. The van der Waals surface area contributed by atoms with E-state index in [-0.39, 0.29) is 18.5 Å². The predicted molar refractivity (Wildman–Crippen MR) is 77.7 cm³/mol. The normalized spacial score (nSPS) is 17.6. The van der Waals surface area contributed by atoms with E-state index >= 15 is 0 Å². The largest absolute Gasteiger partial charge is 0.481 e. The quantitative estimate of drug-likeness (QED) is 0.596. The third kappa shape index (κ3) is 6.23. The van der Waals surface area contributed by atoms with Gasteiger partial charge >= 0.3 is 12.0 Å². The molecule has 1 saturated carbocycles. The molecule has 1 rings (SSSR count). The van der Waals surface area contributed by atoms with Crippen LogP contribution in [0.4, 0.5) is 4.79 Å². The van der Waals surface area contributed by atoms with Gasteiger partial charge in [0.15, 0.2) is 0 Å². The minimum absolute atomic E-state index is 0.00482. The van der Waals surface area contributed by atoms with Gasteiger partial charge in [0.1, 0.15) is 0 Å². The van der Waals surface area contributed by atoms with Gasteiger partial charge in [-0.15, -0.1) is 0 Å². The van der Waals surface area contributed by atoms with Crippen molar-refractivity contribution in [1.29, 1.82) is 0 Å². The van der Waals surface area contributed by atoms with Crippen LogP contribution < -0.4 is 10.6 Å². The van der Waals surface area contributed by atoms with Gasteiger partial charge in [-0.25, -0.2) is 4.79 Å². The molecule has 1 aliphatic carbocycles. The average Bonchev–Trinajstić information content (AvgIpc) is 3.20. The van der Waals surface area contributed by atoms with E-state index < -0.39 is 5.97 Å². The molecule has 20 heavy (non-hydrogen) atoms. The second-order valence-electron chi connectivity index (χ2n) is 5.68. The molecule has 0 spiro atoms. The van der Waals surface area contributed by atoms with Crippen LogP contribution in [-0.4, -0.2) is 54.2 Å². The Morgan fingerprint density at radius 2 is 2.05 bits per heavy atom. The van der Waals surface area contributed by atoms with Gasteiger partial charge in [-0.2, -0.15) is 0 Å². The number of carbonyl (C=O) groups is 2. The molecule has 116 valence electrons. The highest BCUT2D eigenvalue weighted by Gasteiger charge is 2.33. The summed E-state index contributed by atoms with van der Waals surface area (Å²) in [4.78, 5) is 24.7. The number of amides is 2. The van der Waals surface area contributed by atoms with Gasteiger partial charge < -0.3 is 20.6 Å². The fraction of sp³-hybridized carbons (Fsp3) is 0.857. The minimum Gasteiger partial charge on any atom is -0.481 e. The lowest BCUT2D eigenvalue weighted by molar-refractivity contribution is -0.137. The second kappa shape index (κ2) is 8.09. The van der Waals surface area contributed by atoms with Gasteiger partial charge in [0.2, 0.25) is 0 Å². The number of likely N-dealkylation sites (N-methyl/N-ethyl adjacent to an activating group) is 1. The Morgan fingerprint density at radius 3 is 2.55 bits per heavy atom. The number of carboxylic acids is 1. The fourth-order valence-electron chi connectivity index (χ4n) is 2.12. The van der Waals surface area contributed by atoms with Crippen LogP contribution in [0.5, 0.6) is 0 Å². The maximum Gasteiger partial charge on any atom is 0.315 e. The van der Waals surface area contributed by atoms with E-state index in [4.69, 9.17) is 5.11 Å². The molecular formula is C14H27N3O3. The van der Waals surface area contributed by atoms with Crippen LogP contribution in [-0.2, 0) is 4.79 Å². The lowest BCUT2D eigenvalue weighted by atomic mass is 10.1. The Hall–Kier alpha value is -1.30. The first-order valence-corrected chi connectivity index (χ1v) is 7.40. The smallest absolute Gasteiger partial charge is 0.315 e. The third-order valence-corrected chi connectivity index (χ3v) is 4.00. The van der Waals surface area contributed by atoms with E-state index in [2.05, 4.69) is 29.4 Å². The van der Waals surface area contributed by atoms with E-state index in [1.165, 1.54) is 0 Å². The summed E-state index contributed by atoms with van der Waals surface area (Å²) >= 11 is 0. The monoisotopic (exact) mass is 285 g/mol. The van der Waals surface area contributed by atoms with Gasteiger partial charge in [-0.1, -0.05) is 6.92 Å². The molecule has 6 heteroatoms. The van der Waals surface area contributed by atoms with Gasteiger partial charge in [0, 0.05) is 25.2 Å². The first kappa shape index (κ1) is 16.8. The molecule has 0 bridgehead atoms. The van der Waals surface area contributed by atoms with Gasteiger partial charge in [0.05, 0.1) is 6.42 Å². The van der Waals surface area contributed by atoms with E-state index in [0.717, 1.165) is 25.8 Å². The molecule has 1 fully saturated rings. The van der Waals surface area contributed by atoms with Crippen molar-refractivity contribution < 1.29 is 14.7 Å². The van der Waals surface area contributed by atoms with Crippen LogP contribution in [0.2, 0.25) is 0 Å². The number of carbonyl (C=O) groups excluding carboxylic acids is 1. The van der Waals surface area contributed by atoms with Crippen LogP contribution in [0.3, 0.4) is 0 Å². The number of carboxylic acid groups (broad SMARTS) is 1. The number of aliphatic carboxylic acids is 1. The standard InChI is InChI=1S/C14H27N3O3/c1-4-10(2)17(3)8-7-15-14(20)16-12(9-13(18)19)11-5-6-11/h10-12H,4-9H2,1-3H3,(H,18,19)(H2,15,16,20). The molecule has 0 aromatic carbocycles. The average molecular weight is 285 g/mol. The Kier molecular flexibility index (Phi) is 6.78. The summed E-state index contributed by atoms with van der Waals surface area (Å²) in [7, 11) is 2.03. The number of hydrogen-bond acceptors (Lipinski definition) is 3. The number of urea groups is 1. The number of nitrogens with zero attached hydrogens (tertiary/aromatic N) is 1. The second-order valence-corrected chi connectivity index (χ2v) is 5.68. The lowest BCUT2D eigenvalue weighted by Crippen LogP contribution is -2.46. The van der Waals surface area contributed by atoms with E-state index in [9.17, 15) is 9.59 Å². The first-order chi connectivity index (χ1) is 9.43. The maximum absolute atomic E-state index is 11.8. The summed E-state index contributed by atoms with van der Waals surface area (Å²) in [5.41, 5.74) is 0. The van der Waals surface area contributed by atoms with Crippen molar-refractivity contribution in [3.63, 3.8) is 0 Å².